The van der Waals surface area contributed by atoms with Gasteiger partial charge in [0.1, 0.15) is 60.4 Å². The van der Waals surface area contributed by atoms with Crippen LogP contribution in [0.3, 0.4) is 0 Å². The van der Waals surface area contributed by atoms with Gasteiger partial charge in [-0.1, -0.05) is 27.7 Å². The number of rotatable bonds is 30. The number of imidazole rings is 1. The lowest BCUT2D eigenvalue weighted by Crippen LogP contribution is -2.62. The highest BCUT2D eigenvalue weighted by atomic mass is 16.4. The Bertz CT molecular complexity index is 2090. The number of hydrogen-bond acceptors (Lipinski definition) is 16. The van der Waals surface area contributed by atoms with Gasteiger partial charge in [0, 0.05) is 31.4 Å². The lowest BCUT2D eigenvalue weighted by Gasteiger charge is -2.30. The number of carbonyl (C=O) groups is 10. The van der Waals surface area contributed by atoms with Crippen molar-refractivity contribution in [1.82, 2.24) is 57.4 Å². The second-order valence-corrected chi connectivity index (χ2v) is 18.5. The molecule has 0 aromatic carbocycles. The van der Waals surface area contributed by atoms with Crippen molar-refractivity contribution in [2.75, 3.05) is 26.3 Å². The lowest BCUT2D eigenvalue weighted by atomic mass is 10.0. The largest absolute Gasteiger partial charge is 0.480 e. The van der Waals surface area contributed by atoms with Gasteiger partial charge >= 0.3 is 5.97 Å². The van der Waals surface area contributed by atoms with Crippen LogP contribution in [0.25, 0.3) is 0 Å². The highest BCUT2D eigenvalue weighted by Gasteiger charge is 2.40. The first-order valence-corrected chi connectivity index (χ1v) is 23.9. The number of guanidine groups is 1. The van der Waals surface area contributed by atoms with Crippen LogP contribution < -0.4 is 59.7 Å². The summed E-state index contributed by atoms with van der Waals surface area (Å²) in [5, 5.41) is 59.2. The third-order valence-corrected chi connectivity index (χ3v) is 11.5. The van der Waals surface area contributed by atoms with Gasteiger partial charge in [-0.05, 0) is 64.7 Å². The van der Waals surface area contributed by atoms with Gasteiger partial charge < -0.3 is 90.0 Å². The van der Waals surface area contributed by atoms with E-state index >= 15 is 0 Å². The zero-order chi connectivity index (χ0) is 55.3. The Hall–Kier alpha value is -6.98. The zero-order valence-corrected chi connectivity index (χ0v) is 42.2. The molecular weight excluding hydrogens is 963 g/mol. The molecule has 0 spiro atoms. The Morgan fingerprint density at radius 3 is 1.85 bits per heavy atom. The number of hydrogen-bond donors (Lipinski definition) is 16. The van der Waals surface area contributed by atoms with E-state index in [1.807, 2.05) is 0 Å². The Kier molecular flexibility index (Phi) is 25.7. The molecule has 2 heterocycles. The van der Waals surface area contributed by atoms with Crippen molar-refractivity contribution in [3.63, 3.8) is 0 Å². The molecule has 1 saturated heterocycles. The molecule has 0 radical (unpaired) electrons. The number of amides is 9. The van der Waals surface area contributed by atoms with E-state index in [9.17, 15) is 68.4 Å². The summed E-state index contributed by atoms with van der Waals surface area (Å²) in [5.41, 5.74) is 16.7. The van der Waals surface area contributed by atoms with Crippen LogP contribution in [-0.2, 0) is 54.4 Å². The van der Waals surface area contributed by atoms with Gasteiger partial charge in [0.2, 0.25) is 53.2 Å². The minimum atomic E-state index is -1.77. The van der Waals surface area contributed by atoms with Crippen LogP contribution in [0.1, 0.15) is 86.3 Å². The Morgan fingerprint density at radius 1 is 0.726 bits per heavy atom. The summed E-state index contributed by atoms with van der Waals surface area (Å²) >= 11 is 0. The fourth-order valence-electron chi connectivity index (χ4n) is 7.42. The molecule has 0 bridgehead atoms. The number of aliphatic imine (C=N–C) groups is 1. The highest BCUT2D eigenvalue weighted by Crippen LogP contribution is 2.19. The first-order valence-electron chi connectivity index (χ1n) is 23.9. The Balaban J connectivity index is 2.16. The maximum absolute atomic E-state index is 13.7. The van der Waals surface area contributed by atoms with Crippen molar-refractivity contribution in [3.05, 3.63) is 18.2 Å². The summed E-state index contributed by atoms with van der Waals surface area (Å²) < 4.78 is 0. The molecule has 0 saturated carbocycles. The normalized spacial score (nSPS) is 17.4. The standard InChI is InChI=1S/C44H75N15O14/c1-20(2)14-28(37(66)51-22(5)34(63)54-29(15-25-16-48-19-50-25)38(67)57-32(21(3)4)43(72)73)55-41(70)33(24(7)62)58-39(68)30(18-61)56-40(69)31-11-9-13-59(31)42(71)23(6)52-36(65)27(10-8-12-49-44(46)47)53-35(64)26(45)17-60/h16,19-24,26-33,60-62H,8-15,17-18,45H2,1-7H3,(H,48,50)(H,51,66)(H,52,65)(H,53,64)(H,54,63)(H,55,70)(H,56,69)(H,57,67)(H,58,68)(H,72,73)(H4,46,47,49)/t22-,23-,24+,26-,27-,28-,29-,30-,31-,32-,33-/m0/s1. The van der Waals surface area contributed by atoms with Crippen molar-refractivity contribution in [2.24, 2.45) is 34.0 Å². The molecule has 73 heavy (non-hydrogen) atoms. The minimum Gasteiger partial charge on any atom is -0.480 e. The Morgan fingerprint density at radius 2 is 1.30 bits per heavy atom. The number of carboxylic acids is 1. The second-order valence-electron chi connectivity index (χ2n) is 18.5. The van der Waals surface area contributed by atoms with Crippen LogP contribution in [0.5, 0.6) is 0 Å². The SMILES string of the molecule is CC(C)C[C@H](NC(=O)[C@@H](NC(=O)[C@H](CO)NC(=O)[C@@H]1CCCN1C(=O)[C@H](C)NC(=O)[C@H](CCCN=C(N)N)NC(=O)[C@@H](N)CO)[C@@H](C)O)C(=O)N[C@@H](C)C(=O)N[C@@H](Cc1cnc[nH]1)C(=O)N[C@H](C(=O)O)C(C)C. The molecule has 29 nitrogen and oxygen atoms in total. The molecule has 410 valence electrons. The fourth-order valence-corrected chi connectivity index (χ4v) is 7.42. The number of nitrogens with zero attached hydrogens (tertiary/aromatic N) is 3. The number of nitrogens with two attached hydrogens (primary N) is 3. The molecule has 2 rings (SSSR count). The summed E-state index contributed by atoms with van der Waals surface area (Å²) in [7, 11) is 0. The number of aliphatic hydroxyl groups excluding tert-OH is 3. The average molecular weight is 1040 g/mol. The summed E-state index contributed by atoms with van der Waals surface area (Å²) in [6.45, 7) is 8.92. The third-order valence-electron chi connectivity index (χ3n) is 11.5. The van der Waals surface area contributed by atoms with E-state index in [1.165, 1.54) is 26.4 Å². The molecule has 0 aliphatic carbocycles. The van der Waals surface area contributed by atoms with E-state index < -0.39 is 145 Å². The van der Waals surface area contributed by atoms with Crippen molar-refractivity contribution in [3.8, 4) is 0 Å². The van der Waals surface area contributed by atoms with Crippen LogP contribution in [0.2, 0.25) is 0 Å². The topological polar surface area (TPSA) is 470 Å². The Labute approximate surface area is 422 Å². The van der Waals surface area contributed by atoms with Gasteiger partial charge in [-0.15, -0.1) is 0 Å². The van der Waals surface area contributed by atoms with E-state index in [-0.39, 0.29) is 57.1 Å². The molecule has 1 aromatic rings. The van der Waals surface area contributed by atoms with Crippen molar-refractivity contribution in [1.29, 1.82) is 0 Å². The summed E-state index contributed by atoms with van der Waals surface area (Å²) in [6.07, 6.45) is 1.69. The average Bonchev–Trinajstić information content (AvgIpc) is 4.04. The van der Waals surface area contributed by atoms with E-state index in [1.54, 1.807) is 27.7 Å². The number of H-pyrrole nitrogens is 1. The van der Waals surface area contributed by atoms with E-state index in [4.69, 9.17) is 17.2 Å². The maximum atomic E-state index is 13.7. The van der Waals surface area contributed by atoms with Crippen LogP contribution >= 0.6 is 0 Å². The summed E-state index contributed by atoms with van der Waals surface area (Å²) in [4.78, 5) is 144. The molecule has 29 heteroatoms. The molecule has 1 aromatic heterocycles. The van der Waals surface area contributed by atoms with Crippen molar-refractivity contribution >= 4 is 65.1 Å². The number of aliphatic hydroxyl groups is 3. The number of likely N-dealkylation sites (tertiary alicyclic amines) is 1. The predicted octanol–water partition coefficient (Wildman–Crippen LogP) is -6.61. The van der Waals surface area contributed by atoms with Crippen LogP contribution in [0.4, 0.5) is 0 Å². The summed E-state index contributed by atoms with van der Waals surface area (Å²) in [5.74, 6) is -10.2. The smallest absolute Gasteiger partial charge is 0.326 e. The molecule has 1 fully saturated rings. The van der Waals surface area contributed by atoms with Gasteiger partial charge in [-0.25, -0.2) is 9.78 Å². The van der Waals surface area contributed by atoms with Crippen LogP contribution in [0, 0.1) is 11.8 Å². The van der Waals surface area contributed by atoms with Gasteiger partial charge in [0.15, 0.2) is 5.96 Å². The van der Waals surface area contributed by atoms with Gasteiger partial charge in [0.05, 0.1) is 25.6 Å². The fraction of sp³-hybridized carbons (Fsp3) is 0.682. The predicted molar refractivity (Wildman–Crippen MR) is 259 cm³/mol. The van der Waals surface area contributed by atoms with Gasteiger partial charge in [0.25, 0.3) is 0 Å². The molecule has 1 aliphatic heterocycles. The molecule has 0 unspecified atom stereocenters. The quantitative estimate of drug-likeness (QED) is 0.0193. The van der Waals surface area contributed by atoms with E-state index in [0.29, 0.717) is 12.1 Å². The van der Waals surface area contributed by atoms with Crippen molar-refractivity contribution in [2.45, 2.75) is 154 Å². The highest BCUT2D eigenvalue weighted by molar-refractivity contribution is 5.98. The van der Waals surface area contributed by atoms with Gasteiger partial charge in [-0.2, -0.15) is 0 Å². The number of carbonyl (C=O) groups excluding carboxylic acids is 9. The van der Waals surface area contributed by atoms with E-state index in [0.717, 1.165) is 11.8 Å². The summed E-state index contributed by atoms with van der Waals surface area (Å²) in [6, 6.07) is -13.8. The number of aliphatic carboxylic acids is 1. The second kappa shape index (κ2) is 30.1. The number of aromatic amines is 1. The number of carboxylic acid groups (broad SMARTS) is 1. The van der Waals surface area contributed by atoms with Gasteiger partial charge in [-0.3, -0.25) is 48.1 Å². The van der Waals surface area contributed by atoms with E-state index in [2.05, 4.69) is 57.5 Å². The van der Waals surface area contributed by atoms with Crippen LogP contribution in [0.15, 0.2) is 17.5 Å². The molecule has 19 N–H and O–H groups in total. The molecule has 11 atom stereocenters. The lowest BCUT2D eigenvalue weighted by molar-refractivity contribution is -0.143. The van der Waals surface area contributed by atoms with Crippen molar-refractivity contribution < 1.29 is 68.4 Å². The monoisotopic (exact) mass is 1040 g/mol. The molecular formula is C44H75N15O14. The first kappa shape index (κ1) is 62.1. The third kappa shape index (κ3) is 20.2. The molecule has 1 aliphatic rings. The minimum absolute atomic E-state index is 0.00553. The molecule has 9 amide bonds. The maximum Gasteiger partial charge on any atom is 0.326 e. The van der Waals surface area contributed by atoms with Crippen LogP contribution in [-0.4, -0.2) is 193 Å². The first-order chi connectivity index (χ1) is 34.2. The zero-order valence-electron chi connectivity index (χ0n) is 42.2. The number of aromatic nitrogens is 2. The number of nitrogens with one attached hydrogen (secondary N) is 9.